The lowest BCUT2D eigenvalue weighted by Gasteiger charge is -1.98. The van der Waals surface area contributed by atoms with Gasteiger partial charge in [-0.15, -0.1) is 0 Å². The summed E-state index contributed by atoms with van der Waals surface area (Å²) in [6, 6.07) is 10.9. The summed E-state index contributed by atoms with van der Waals surface area (Å²) in [5.41, 5.74) is 1.01. The number of carbonyl (C=O) groups is 1. The fourth-order valence-corrected chi connectivity index (χ4v) is 1.45. The molecule has 1 aromatic heterocycles. The normalized spacial score (nSPS) is 11.3. The molecule has 0 bridgehead atoms. The highest BCUT2D eigenvalue weighted by atomic mass is 19.1. The van der Waals surface area contributed by atoms with E-state index in [-0.39, 0.29) is 11.3 Å². The molecule has 4 heteroatoms. The minimum Gasteiger partial charge on any atom is -0.478 e. The average molecular weight is 243 g/mol. The minimum absolute atomic E-state index is 0.172. The monoisotopic (exact) mass is 243 g/mol. The van der Waals surface area contributed by atoms with E-state index in [1.54, 1.807) is 30.3 Å². The van der Waals surface area contributed by atoms with E-state index in [4.69, 9.17) is 5.11 Å². The highest BCUT2D eigenvalue weighted by Gasteiger charge is 2.03. The van der Waals surface area contributed by atoms with Crippen molar-refractivity contribution in [2.24, 2.45) is 0 Å². The quantitative estimate of drug-likeness (QED) is 0.900. The first-order chi connectivity index (χ1) is 8.66. The van der Waals surface area contributed by atoms with Gasteiger partial charge in [0, 0.05) is 6.20 Å². The smallest absolute Gasteiger partial charge is 0.335 e. The summed E-state index contributed by atoms with van der Waals surface area (Å²) >= 11 is 0. The summed E-state index contributed by atoms with van der Waals surface area (Å²) < 4.78 is 13.8. The maximum atomic E-state index is 13.8. The fraction of sp³-hybridized carbons (Fsp3) is 0. The van der Waals surface area contributed by atoms with Crippen LogP contribution in [0.15, 0.2) is 48.7 Å². The van der Waals surface area contributed by atoms with Crippen LogP contribution in [0, 0.1) is 0 Å². The molecule has 1 heterocycles. The van der Waals surface area contributed by atoms with Crippen molar-refractivity contribution in [3.63, 3.8) is 0 Å². The SMILES string of the molecule is O=C(O)c1ccc(/C=C(\F)c2ccccn2)cc1. The number of carboxylic acid groups (broad SMARTS) is 1. The Bertz CT molecular complexity index is 577. The number of carboxylic acids is 1. The van der Waals surface area contributed by atoms with Crippen molar-refractivity contribution in [3.8, 4) is 0 Å². The number of benzene rings is 1. The summed E-state index contributed by atoms with van der Waals surface area (Å²) in [5.74, 6) is -1.46. The summed E-state index contributed by atoms with van der Waals surface area (Å²) in [6.45, 7) is 0. The predicted molar refractivity (Wildman–Crippen MR) is 66.6 cm³/mol. The van der Waals surface area contributed by atoms with Crippen molar-refractivity contribution in [2.75, 3.05) is 0 Å². The number of aromatic nitrogens is 1. The van der Waals surface area contributed by atoms with Crippen molar-refractivity contribution in [1.82, 2.24) is 4.98 Å². The van der Waals surface area contributed by atoms with Crippen molar-refractivity contribution in [2.45, 2.75) is 0 Å². The van der Waals surface area contributed by atoms with Gasteiger partial charge in [0.05, 0.1) is 11.3 Å². The van der Waals surface area contributed by atoms with Gasteiger partial charge in [0.15, 0.2) is 0 Å². The summed E-state index contributed by atoms with van der Waals surface area (Å²) in [7, 11) is 0. The van der Waals surface area contributed by atoms with Gasteiger partial charge in [-0.2, -0.15) is 0 Å². The molecule has 0 amide bonds. The minimum atomic E-state index is -1.00. The van der Waals surface area contributed by atoms with Crippen LogP contribution in [0.2, 0.25) is 0 Å². The number of hydrogen-bond donors (Lipinski definition) is 1. The highest BCUT2D eigenvalue weighted by Crippen LogP contribution is 2.17. The zero-order chi connectivity index (χ0) is 13.0. The fourth-order valence-electron chi connectivity index (χ4n) is 1.45. The van der Waals surface area contributed by atoms with Gasteiger partial charge in [-0.25, -0.2) is 9.18 Å². The van der Waals surface area contributed by atoms with Gasteiger partial charge < -0.3 is 5.11 Å². The van der Waals surface area contributed by atoms with Gasteiger partial charge in [-0.05, 0) is 35.9 Å². The lowest BCUT2D eigenvalue weighted by atomic mass is 10.1. The van der Waals surface area contributed by atoms with E-state index in [1.807, 2.05) is 0 Å². The number of pyridine rings is 1. The molecule has 2 aromatic rings. The van der Waals surface area contributed by atoms with Gasteiger partial charge in [-0.1, -0.05) is 18.2 Å². The largest absolute Gasteiger partial charge is 0.478 e. The van der Waals surface area contributed by atoms with Gasteiger partial charge >= 0.3 is 5.97 Å². The third-order valence-electron chi connectivity index (χ3n) is 2.36. The van der Waals surface area contributed by atoms with Crippen molar-refractivity contribution in [3.05, 3.63) is 65.5 Å². The Morgan fingerprint density at radius 1 is 1.17 bits per heavy atom. The summed E-state index contributed by atoms with van der Waals surface area (Å²) in [4.78, 5) is 14.5. The lowest BCUT2D eigenvalue weighted by Crippen LogP contribution is -1.94. The van der Waals surface area contributed by atoms with E-state index in [9.17, 15) is 9.18 Å². The zero-order valence-corrected chi connectivity index (χ0v) is 9.38. The van der Waals surface area contributed by atoms with Crippen LogP contribution in [-0.2, 0) is 0 Å². The molecule has 18 heavy (non-hydrogen) atoms. The van der Waals surface area contributed by atoms with Crippen LogP contribution in [0.25, 0.3) is 11.9 Å². The summed E-state index contributed by atoms with van der Waals surface area (Å²) in [5, 5.41) is 8.74. The Labute approximate surface area is 103 Å². The maximum Gasteiger partial charge on any atom is 0.335 e. The average Bonchev–Trinajstić information content (AvgIpc) is 2.40. The van der Waals surface area contributed by atoms with E-state index in [1.165, 1.54) is 24.4 Å². The molecule has 90 valence electrons. The molecule has 0 unspecified atom stereocenters. The van der Waals surface area contributed by atoms with E-state index < -0.39 is 11.8 Å². The second-order valence-corrected chi connectivity index (χ2v) is 3.63. The van der Waals surface area contributed by atoms with Gasteiger partial charge in [0.1, 0.15) is 5.83 Å². The van der Waals surface area contributed by atoms with Crippen LogP contribution in [0.3, 0.4) is 0 Å². The predicted octanol–water partition coefficient (Wildman–Crippen LogP) is 3.25. The van der Waals surface area contributed by atoms with Crippen LogP contribution in [0.5, 0.6) is 0 Å². The van der Waals surface area contributed by atoms with Crippen LogP contribution in [0.4, 0.5) is 4.39 Å². The number of aromatic carboxylic acids is 1. The second kappa shape index (κ2) is 5.23. The third-order valence-corrected chi connectivity index (χ3v) is 2.36. The molecular formula is C14H10FNO2. The lowest BCUT2D eigenvalue weighted by molar-refractivity contribution is 0.0697. The van der Waals surface area contributed by atoms with Gasteiger partial charge in [-0.3, -0.25) is 4.98 Å². The third kappa shape index (κ3) is 2.79. The van der Waals surface area contributed by atoms with Crippen molar-refractivity contribution in [1.29, 1.82) is 0 Å². The summed E-state index contributed by atoms with van der Waals surface area (Å²) in [6.07, 6.45) is 2.82. The maximum absolute atomic E-state index is 13.8. The molecule has 0 saturated carbocycles. The molecule has 3 nitrogen and oxygen atoms in total. The first-order valence-electron chi connectivity index (χ1n) is 5.29. The van der Waals surface area contributed by atoms with Gasteiger partial charge in [0.2, 0.25) is 0 Å². The molecule has 1 N–H and O–H groups in total. The Morgan fingerprint density at radius 3 is 2.44 bits per heavy atom. The number of hydrogen-bond acceptors (Lipinski definition) is 2. The molecule has 0 aliphatic heterocycles. The van der Waals surface area contributed by atoms with E-state index in [0.29, 0.717) is 5.56 Å². The van der Waals surface area contributed by atoms with E-state index in [2.05, 4.69) is 4.98 Å². The molecule has 1 aromatic carbocycles. The Morgan fingerprint density at radius 2 is 1.89 bits per heavy atom. The standard InChI is InChI=1S/C14H10FNO2/c15-12(13-3-1-2-8-16-13)9-10-4-6-11(7-5-10)14(17)18/h1-9H,(H,17,18)/b12-9-. The van der Waals surface area contributed by atoms with Crippen LogP contribution in [-0.4, -0.2) is 16.1 Å². The molecule has 0 aliphatic rings. The molecule has 0 aliphatic carbocycles. The molecule has 0 radical (unpaired) electrons. The van der Waals surface area contributed by atoms with Crippen LogP contribution < -0.4 is 0 Å². The van der Waals surface area contributed by atoms with Crippen molar-refractivity contribution >= 4 is 17.9 Å². The molecule has 0 atom stereocenters. The van der Waals surface area contributed by atoms with Crippen LogP contribution in [0.1, 0.15) is 21.6 Å². The highest BCUT2D eigenvalue weighted by molar-refractivity contribution is 5.88. The first kappa shape index (κ1) is 12.0. The Kier molecular flexibility index (Phi) is 3.48. The zero-order valence-electron chi connectivity index (χ0n) is 9.38. The molecule has 2 rings (SSSR count). The Balaban J connectivity index is 2.25. The molecule has 0 fully saturated rings. The molecule has 0 spiro atoms. The number of nitrogens with zero attached hydrogens (tertiary/aromatic N) is 1. The first-order valence-corrected chi connectivity index (χ1v) is 5.29. The second-order valence-electron chi connectivity index (χ2n) is 3.63. The molecule has 0 saturated heterocycles. The topological polar surface area (TPSA) is 50.2 Å². The van der Waals surface area contributed by atoms with E-state index in [0.717, 1.165) is 0 Å². The van der Waals surface area contributed by atoms with Crippen molar-refractivity contribution < 1.29 is 14.3 Å². The number of rotatable bonds is 3. The van der Waals surface area contributed by atoms with Crippen LogP contribution >= 0.6 is 0 Å². The van der Waals surface area contributed by atoms with E-state index >= 15 is 0 Å². The van der Waals surface area contributed by atoms with Gasteiger partial charge in [0.25, 0.3) is 0 Å². The number of halogens is 1. The molecular weight excluding hydrogens is 233 g/mol. The Hall–Kier alpha value is -2.49.